The summed E-state index contributed by atoms with van der Waals surface area (Å²) in [5.74, 6) is -0.412. The van der Waals surface area contributed by atoms with Gasteiger partial charge in [0.1, 0.15) is 0 Å². The van der Waals surface area contributed by atoms with Crippen molar-refractivity contribution in [1.29, 1.82) is 0 Å². The monoisotopic (exact) mass is 245 g/mol. The molecule has 1 rings (SSSR count). The topological polar surface area (TPSA) is 76.1 Å². The SMILES string of the molecule is COC(=O)N1CC(O)CC1C(C)(C)C(=O)OC. The van der Waals surface area contributed by atoms with E-state index in [1.807, 2.05) is 0 Å². The Morgan fingerprint density at radius 2 is 1.88 bits per heavy atom. The lowest BCUT2D eigenvalue weighted by Gasteiger charge is -2.34. The molecular weight excluding hydrogens is 226 g/mol. The molecule has 1 heterocycles. The summed E-state index contributed by atoms with van der Waals surface area (Å²) >= 11 is 0. The van der Waals surface area contributed by atoms with Crippen LogP contribution < -0.4 is 0 Å². The third-order valence-electron chi connectivity index (χ3n) is 3.23. The fourth-order valence-electron chi connectivity index (χ4n) is 2.22. The molecule has 6 heteroatoms. The minimum atomic E-state index is -0.875. The number of aliphatic hydroxyl groups is 1. The molecule has 0 aromatic rings. The standard InChI is InChI=1S/C11H19NO5/c1-11(2,9(14)16-3)8-5-7(13)6-12(8)10(15)17-4/h7-8,13H,5-6H2,1-4H3. The lowest BCUT2D eigenvalue weighted by Crippen LogP contribution is -2.48. The molecular formula is C11H19NO5. The third kappa shape index (κ3) is 2.52. The largest absolute Gasteiger partial charge is 0.469 e. The van der Waals surface area contributed by atoms with Gasteiger partial charge in [0.2, 0.25) is 0 Å². The molecule has 6 nitrogen and oxygen atoms in total. The van der Waals surface area contributed by atoms with Gasteiger partial charge in [0.15, 0.2) is 0 Å². The summed E-state index contributed by atoms with van der Waals surface area (Å²) in [7, 11) is 2.58. The number of aliphatic hydroxyl groups excluding tert-OH is 1. The van der Waals surface area contributed by atoms with Crippen molar-refractivity contribution in [1.82, 2.24) is 4.90 Å². The highest BCUT2D eigenvalue weighted by molar-refractivity contribution is 5.78. The number of hydrogen-bond acceptors (Lipinski definition) is 5. The molecule has 0 spiro atoms. The molecule has 1 fully saturated rings. The van der Waals surface area contributed by atoms with Gasteiger partial charge in [-0.15, -0.1) is 0 Å². The fraction of sp³-hybridized carbons (Fsp3) is 0.818. The van der Waals surface area contributed by atoms with Gasteiger partial charge in [-0.25, -0.2) is 4.79 Å². The summed E-state index contributed by atoms with van der Waals surface area (Å²) in [5, 5.41) is 9.63. The van der Waals surface area contributed by atoms with Crippen LogP contribution in [0.25, 0.3) is 0 Å². The molecule has 1 aliphatic rings. The maximum absolute atomic E-state index is 11.7. The van der Waals surface area contributed by atoms with Crippen molar-refractivity contribution in [3.63, 3.8) is 0 Å². The Balaban J connectivity index is 2.94. The number of rotatable bonds is 2. The smallest absolute Gasteiger partial charge is 0.409 e. The van der Waals surface area contributed by atoms with Gasteiger partial charge in [-0.05, 0) is 20.3 Å². The van der Waals surface area contributed by atoms with E-state index in [0.29, 0.717) is 6.42 Å². The molecule has 0 aliphatic carbocycles. The molecule has 2 atom stereocenters. The second-order valence-electron chi connectivity index (χ2n) is 4.74. The second-order valence-corrected chi connectivity index (χ2v) is 4.74. The number of esters is 1. The van der Waals surface area contributed by atoms with Crippen LogP contribution in [0.5, 0.6) is 0 Å². The number of amides is 1. The van der Waals surface area contributed by atoms with E-state index in [0.717, 1.165) is 0 Å². The van der Waals surface area contributed by atoms with Crippen LogP contribution in [0.4, 0.5) is 4.79 Å². The number of carbonyl (C=O) groups excluding carboxylic acids is 2. The molecule has 98 valence electrons. The van der Waals surface area contributed by atoms with E-state index in [1.165, 1.54) is 19.1 Å². The zero-order chi connectivity index (χ0) is 13.2. The molecule has 0 bridgehead atoms. The molecule has 0 aromatic carbocycles. The molecule has 1 aliphatic heterocycles. The normalized spacial score (nSPS) is 24.6. The molecule has 0 saturated carbocycles. The Hall–Kier alpha value is -1.30. The Bertz CT molecular complexity index is 315. The summed E-state index contributed by atoms with van der Waals surface area (Å²) in [6.07, 6.45) is -0.830. The van der Waals surface area contributed by atoms with Crippen molar-refractivity contribution in [2.75, 3.05) is 20.8 Å². The summed E-state index contributed by atoms with van der Waals surface area (Å²) in [6.45, 7) is 3.56. The van der Waals surface area contributed by atoms with Gasteiger partial charge < -0.3 is 19.5 Å². The van der Waals surface area contributed by atoms with E-state index in [4.69, 9.17) is 4.74 Å². The predicted octanol–water partition coefficient (Wildman–Crippen LogP) is 0.387. The lowest BCUT2D eigenvalue weighted by atomic mass is 9.83. The molecule has 1 amide bonds. The van der Waals surface area contributed by atoms with E-state index in [1.54, 1.807) is 13.8 Å². The van der Waals surface area contributed by atoms with E-state index in [2.05, 4.69) is 4.74 Å². The molecule has 1 saturated heterocycles. The van der Waals surface area contributed by atoms with Crippen LogP contribution in [-0.4, -0.2) is 55.0 Å². The van der Waals surface area contributed by atoms with Crippen LogP contribution in [0, 0.1) is 5.41 Å². The van der Waals surface area contributed by atoms with Crippen LogP contribution in [0.1, 0.15) is 20.3 Å². The minimum absolute atomic E-state index is 0.178. The maximum Gasteiger partial charge on any atom is 0.409 e. The first kappa shape index (κ1) is 13.8. The number of hydrogen-bond donors (Lipinski definition) is 1. The van der Waals surface area contributed by atoms with Crippen molar-refractivity contribution < 1.29 is 24.2 Å². The zero-order valence-corrected chi connectivity index (χ0v) is 10.6. The average Bonchev–Trinajstić information content (AvgIpc) is 2.69. The first-order valence-electron chi connectivity index (χ1n) is 5.45. The molecule has 17 heavy (non-hydrogen) atoms. The average molecular weight is 245 g/mol. The predicted molar refractivity (Wildman–Crippen MR) is 59.3 cm³/mol. The first-order valence-corrected chi connectivity index (χ1v) is 5.45. The molecule has 2 unspecified atom stereocenters. The fourth-order valence-corrected chi connectivity index (χ4v) is 2.22. The van der Waals surface area contributed by atoms with Gasteiger partial charge in [-0.1, -0.05) is 0 Å². The lowest BCUT2D eigenvalue weighted by molar-refractivity contribution is -0.153. The van der Waals surface area contributed by atoms with E-state index < -0.39 is 29.6 Å². The van der Waals surface area contributed by atoms with E-state index in [-0.39, 0.29) is 6.54 Å². The summed E-state index contributed by atoms with van der Waals surface area (Å²) in [4.78, 5) is 24.6. The third-order valence-corrected chi connectivity index (χ3v) is 3.23. The van der Waals surface area contributed by atoms with Gasteiger partial charge in [0.25, 0.3) is 0 Å². The summed E-state index contributed by atoms with van der Waals surface area (Å²) < 4.78 is 9.37. The Kier molecular flexibility index (Phi) is 3.98. The van der Waals surface area contributed by atoms with Crippen molar-refractivity contribution in [2.45, 2.75) is 32.4 Å². The van der Waals surface area contributed by atoms with Crippen LogP contribution in [-0.2, 0) is 14.3 Å². The number of ether oxygens (including phenoxy) is 2. The molecule has 0 radical (unpaired) electrons. The van der Waals surface area contributed by atoms with Gasteiger partial charge >= 0.3 is 12.1 Å². The summed E-state index contributed by atoms with van der Waals surface area (Å²) in [5.41, 5.74) is -0.875. The molecule has 0 aromatic heterocycles. The van der Waals surface area contributed by atoms with Crippen LogP contribution >= 0.6 is 0 Å². The van der Waals surface area contributed by atoms with Crippen LogP contribution in [0.2, 0.25) is 0 Å². The number of β-amino-alcohol motifs (C(OH)–C–C–N with tert-alkyl or cyclic N) is 1. The van der Waals surface area contributed by atoms with E-state index >= 15 is 0 Å². The second kappa shape index (κ2) is 4.91. The van der Waals surface area contributed by atoms with Crippen LogP contribution in [0.15, 0.2) is 0 Å². The maximum atomic E-state index is 11.7. The molecule has 1 N–H and O–H groups in total. The highest BCUT2D eigenvalue weighted by Gasteiger charge is 2.48. The Morgan fingerprint density at radius 1 is 1.29 bits per heavy atom. The van der Waals surface area contributed by atoms with Crippen molar-refractivity contribution in [3.8, 4) is 0 Å². The van der Waals surface area contributed by atoms with Gasteiger partial charge in [-0.3, -0.25) is 4.79 Å². The van der Waals surface area contributed by atoms with Crippen molar-refractivity contribution in [3.05, 3.63) is 0 Å². The van der Waals surface area contributed by atoms with E-state index in [9.17, 15) is 14.7 Å². The number of carbonyl (C=O) groups is 2. The first-order chi connectivity index (χ1) is 7.84. The minimum Gasteiger partial charge on any atom is -0.469 e. The van der Waals surface area contributed by atoms with Gasteiger partial charge in [-0.2, -0.15) is 0 Å². The highest BCUT2D eigenvalue weighted by atomic mass is 16.5. The summed E-state index contributed by atoms with van der Waals surface area (Å²) in [6, 6.07) is -0.419. The number of likely N-dealkylation sites (tertiary alicyclic amines) is 1. The zero-order valence-electron chi connectivity index (χ0n) is 10.6. The van der Waals surface area contributed by atoms with Gasteiger partial charge in [0.05, 0.1) is 38.3 Å². The quantitative estimate of drug-likeness (QED) is 0.712. The Labute approximate surface area is 100 Å². The highest BCUT2D eigenvalue weighted by Crippen LogP contribution is 2.34. The van der Waals surface area contributed by atoms with Gasteiger partial charge in [0, 0.05) is 0 Å². The van der Waals surface area contributed by atoms with Crippen molar-refractivity contribution >= 4 is 12.1 Å². The number of methoxy groups -OCH3 is 2. The number of nitrogens with zero attached hydrogens (tertiary/aromatic N) is 1. The van der Waals surface area contributed by atoms with Crippen molar-refractivity contribution in [2.24, 2.45) is 5.41 Å². The Morgan fingerprint density at radius 3 is 2.35 bits per heavy atom. The van der Waals surface area contributed by atoms with Crippen LogP contribution in [0.3, 0.4) is 0 Å².